The quantitative estimate of drug-likeness (QED) is 0.632. The Hall–Kier alpha value is -3.06. The van der Waals surface area contributed by atoms with E-state index in [2.05, 4.69) is 10.1 Å². The van der Waals surface area contributed by atoms with Gasteiger partial charge in [-0.2, -0.15) is 4.98 Å². The van der Waals surface area contributed by atoms with Crippen molar-refractivity contribution in [2.45, 2.75) is 32.0 Å². The molecule has 1 unspecified atom stereocenters. The van der Waals surface area contributed by atoms with Crippen LogP contribution in [0.2, 0.25) is 0 Å². The monoisotopic (exact) mass is 395 g/mol. The number of ether oxygens (including phenoxy) is 1. The molecule has 1 saturated heterocycles. The number of piperidine rings is 1. The molecule has 1 fully saturated rings. The van der Waals surface area contributed by atoms with Crippen LogP contribution in [0.4, 0.5) is 4.39 Å². The number of amides is 1. The number of rotatable bonds is 6. The lowest BCUT2D eigenvalue weighted by molar-refractivity contribution is 0.0703. The molecule has 0 radical (unpaired) electrons. The second kappa shape index (κ2) is 8.96. The van der Waals surface area contributed by atoms with Gasteiger partial charge in [0.25, 0.3) is 11.8 Å². The minimum atomic E-state index is -0.414. The molecule has 3 aromatic rings. The van der Waals surface area contributed by atoms with Crippen LogP contribution in [0.3, 0.4) is 0 Å². The van der Waals surface area contributed by atoms with E-state index in [1.54, 1.807) is 17.0 Å². The molecular formula is C22H22FN3O3. The van der Waals surface area contributed by atoms with Crippen LogP contribution in [0.1, 0.15) is 46.4 Å². The van der Waals surface area contributed by atoms with Crippen molar-refractivity contribution in [1.29, 1.82) is 0 Å². The van der Waals surface area contributed by atoms with Gasteiger partial charge in [0.2, 0.25) is 0 Å². The standard InChI is InChI=1S/C22H22FN3O3/c23-19-10-4-8-17(12-19)22(27)26-11-5-9-18(13-26)21-24-20(29-25-21)15-28-14-16-6-2-1-3-7-16/h1-4,6-8,10,12,18H,5,9,11,13-15H2. The van der Waals surface area contributed by atoms with Gasteiger partial charge < -0.3 is 14.2 Å². The predicted molar refractivity (Wildman–Crippen MR) is 104 cm³/mol. The van der Waals surface area contributed by atoms with Crippen molar-refractivity contribution >= 4 is 5.91 Å². The largest absolute Gasteiger partial charge is 0.367 e. The highest BCUT2D eigenvalue weighted by Gasteiger charge is 2.28. The van der Waals surface area contributed by atoms with E-state index < -0.39 is 5.82 Å². The first-order valence-electron chi connectivity index (χ1n) is 9.68. The first-order valence-corrected chi connectivity index (χ1v) is 9.68. The van der Waals surface area contributed by atoms with Gasteiger partial charge in [-0.15, -0.1) is 0 Å². The Bertz CT molecular complexity index is 961. The number of benzene rings is 2. The van der Waals surface area contributed by atoms with E-state index in [9.17, 15) is 9.18 Å². The molecule has 1 aromatic heterocycles. The van der Waals surface area contributed by atoms with E-state index in [4.69, 9.17) is 9.26 Å². The Morgan fingerprint density at radius 1 is 1.17 bits per heavy atom. The van der Waals surface area contributed by atoms with Gasteiger partial charge in [-0.3, -0.25) is 4.79 Å². The fourth-order valence-corrected chi connectivity index (χ4v) is 3.50. The third kappa shape index (κ3) is 4.86. The van der Waals surface area contributed by atoms with Crippen LogP contribution in [-0.2, 0) is 18.0 Å². The third-order valence-electron chi connectivity index (χ3n) is 4.97. The minimum Gasteiger partial charge on any atom is -0.367 e. The van der Waals surface area contributed by atoms with Crippen LogP contribution in [0.5, 0.6) is 0 Å². The van der Waals surface area contributed by atoms with E-state index in [0.717, 1.165) is 18.4 Å². The summed E-state index contributed by atoms with van der Waals surface area (Å²) in [5.41, 5.74) is 1.43. The number of nitrogens with zero attached hydrogens (tertiary/aromatic N) is 3. The lowest BCUT2D eigenvalue weighted by Gasteiger charge is -2.31. The molecule has 29 heavy (non-hydrogen) atoms. The summed E-state index contributed by atoms with van der Waals surface area (Å²) in [5.74, 6) is 0.407. The van der Waals surface area contributed by atoms with E-state index in [1.807, 2.05) is 30.3 Å². The Kier molecular flexibility index (Phi) is 5.95. The minimum absolute atomic E-state index is 0.00659. The van der Waals surface area contributed by atoms with Crippen molar-refractivity contribution in [2.75, 3.05) is 13.1 Å². The van der Waals surface area contributed by atoms with Gasteiger partial charge in [0.05, 0.1) is 6.61 Å². The van der Waals surface area contributed by atoms with Crippen molar-refractivity contribution in [1.82, 2.24) is 15.0 Å². The number of hydrogen-bond acceptors (Lipinski definition) is 5. The first-order chi connectivity index (χ1) is 14.2. The lowest BCUT2D eigenvalue weighted by atomic mass is 9.96. The summed E-state index contributed by atoms with van der Waals surface area (Å²) in [5, 5.41) is 4.08. The van der Waals surface area contributed by atoms with Crippen LogP contribution < -0.4 is 0 Å². The van der Waals surface area contributed by atoms with Crippen LogP contribution >= 0.6 is 0 Å². The van der Waals surface area contributed by atoms with Crippen LogP contribution in [0.15, 0.2) is 59.1 Å². The molecule has 1 atom stereocenters. The zero-order valence-corrected chi connectivity index (χ0v) is 16.0. The molecule has 7 heteroatoms. The molecule has 1 amide bonds. The highest BCUT2D eigenvalue weighted by Crippen LogP contribution is 2.26. The first kappa shape index (κ1) is 19.3. The zero-order chi connectivity index (χ0) is 20.1. The fraction of sp³-hybridized carbons (Fsp3) is 0.318. The molecule has 0 aliphatic carbocycles. The molecule has 1 aliphatic heterocycles. The number of halogens is 1. The summed E-state index contributed by atoms with van der Waals surface area (Å²) >= 11 is 0. The summed E-state index contributed by atoms with van der Waals surface area (Å²) in [7, 11) is 0. The Balaban J connectivity index is 1.34. The molecule has 6 nitrogen and oxygen atoms in total. The summed E-state index contributed by atoms with van der Waals surface area (Å²) < 4.78 is 24.4. The summed E-state index contributed by atoms with van der Waals surface area (Å²) in [6.45, 7) is 1.83. The normalized spacial score (nSPS) is 16.7. The second-order valence-corrected chi connectivity index (χ2v) is 7.13. The fourth-order valence-electron chi connectivity index (χ4n) is 3.50. The molecule has 150 valence electrons. The summed E-state index contributed by atoms with van der Waals surface area (Å²) in [6, 6.07) is 15.6. The Labute approximate surface area is 168 Å². The Morgan fingerprint density at radius 3 is 2.86 bits per heavy atom. The number of carbonyl (C=O) groups is 1. The maximum absolute atomic E-state index is 13.4. The second-order valence-electron chi connectivity index (χ2n) is 7.13. The average Bonchev–Trinajstić information content (AvgIpc) is 3.23. The van der Waals surface area contributed by atoms with E-state index in [1.165, 1.54) is 12.1 Å². The molecule has 4 rings (SSSR count). The SMILES string of the molecule is O=C(c1cccc(F)c1)N1CCCC(c2noc(COCc3ccccc3)n2)C1. The van der Waals surface area contributed by atoms with E-state index >= 15 is 0 Å². The zero-order valence-electron chi connectivity index (χ0n) is 16.0. The lowest BCUT2D eigenvalue weighted by Crippen LogP contribution is -2.39. The number of carbonyl (C=O) groups excluding carboxylic acids is 1. The van der Waals surface area contributed by atoms with Gasteiger partial charge in [0, 0.05) is 24.6 Å². The van der Waals surface area contributed by atoms with Gasteiger partial charge >= 0.3 is 0 Å². The van der Waals surface area contributed by atoms with Crippen LogP contribution in [0.25, 0.3) is 0 Å². The number of aromatic nitrogens is 2. The predicted octanol–water partition coefficient (Wildman–Crippen LogP) is 3.95. The van der Waals surface area contributed by atoms with Crippen molar-refractivity contribution in [2.24, 2.45) is 0 Å². The number of hydrogen-bond donors (Lipinski definition) is 0. The van der Waals surface area contributed by atoms with E-state index in [0.29, 0.717) is 37.0 Å². The molecular weight excluding hydrogens is 373 g/mol. The van der Waals surface area contributed by atoms with E-state index in [-0.39, 0.29) is 18.4 Å². The van der Waals surface area contributed by atoms with Crippen molar-refractivity contribution in [3.63, 3.8) is 0 Å². The molecule has 1 aliphatic rings. The molecule has 0 N–H and O–H groups in total. The van der Waals surface area contributed by atoms with Gasteiger partial charge in [0.1, 0.15) is 12.4 Å². The van der Waals surface area contributed by atoms with Crippen LogP contribution in [0, 0.1) is 5.82 Å². The highest BCUT2D eigenvalue weighted by molar-refractivity contribution is 5.94. The molecule has 0 spiro atoms. The molecule has 2 heterocycles. The highest BCUT2D eigenvalue weighted by atomic mass is 19.1. The topological polar surface area (TPSA) is 68.5 Å². The number of likely N-dealkylation sites (tertiary alicyclic amines) is 1. The maximum Gasteiger partial charge on any atom is 0.253 e. The van der Waals surface area contributed by atoms with Gasteiger partial charge in [-0.25, -0.2) is 4.39 Å². The Morgan fingerprint density at radius 2 is 2.03 bits per heavy atom. The summed E-state index contributed by atoms with van der Waals surface area (Å²) in [6.07, 6.45) is 1.71. The average molecular weight is 395 g/mol. The van der Waals surface area contributed by atoms with Crippen molar-refractivity contribution in [3.8, 4) is 0 Å². The molecule has 2 aromatic carbocycles. The van der Waals surface area contributed by atoms with Gasteiger partial charge in [-0.1, -0.05) is 41.6 Å². The molecule has 0 bridgehead atoms. The van der Waals surface area contributed by atoms with Crippen LogP contribution in [-0.4, -0.2) is 34.0 Å². The van der Waals surface area contributed by atoms with Gasteiger partial charge in [0.15, 0.2) is 5.82 Å². The van der Waals surface area contributed by atoms with Gasteiger partial charge in [-0.05, 0) is 36.6 Å². The molecule has 0 saturated carbocycles. The van der Waals surface area contributed by atoms with Crippen molar-refractivity contribution < 1.29 is 18.4 Å². The smallest absolute Gasteiger partial charge is 0.253 e. The van der Waals surface area contributed by atoms with Crippen molar-refractivity contribution in [3.05, 3.63) is 83.3 Å². The maximum atomic E-state index is 13.4. The summed E-state index contributed by atoms with van der Waals surface area (Å²) in [4.78, 5) is 18.9. The third-order valence-corrected chi connectivity index (χ3v) is 4.97.